The van der Waals surface area contributed by atoms with E-state index in [1.165, 1.54) is 0 Å². The second-order valence-corrected chi connectivity index (χ2v) is 8.52. The van der Waals surface area contributed by atoms with Gasteiger partial charge < -0.3 is 5.32 Å². The summed E-state index contributed by atoms with van der Waals surface area (Å²) < 4.78 is 13.8. The average molecular weight is 417 g/mol. The molecule has 0 atom stereocenters. The number of benzene rings is 2. The Morgan fingerprint density at radius 1 is 0.968 bits per heavy atom. The molecule has 2 aromatic carbocycles. The molecule has 4 heteroatoms. The molecule has 0 radical (unpaired) electrons. The van der Waals surface area contributed by atoms with E-state index in [9.17, 15) is 9.18 Å². The molecule has 160 valence electrons. The maximum atomic E-state index is 13.8. The highest BCUT2D eigenvalue weighted by Gasteiger charge is 2.24. The van der Waals surface area contributed by atoms with Crippen LogP contribution in [0.3, 0.4) is 0 Å². The first-order chi connectivity index (χ1) is 15.1. The van der Waals surface area contributed by atoms with Crippen molar-refractivity contribution >= 4 is 5.91 Å². The zero-order valence-electron chi connectivity index (χ0n) is 18.0. The molecule has 31 heavy (non-hydrogen) atoms. The van der Waals surface area contributed by atoms with Crippen LogP contribution in [0.2, 0.25) is 0 Å². The van der Waals surface area contributed by atoms with Gasteiger partial charge in [-0.25, -0.2) is 4.98 Å². The molecule has 1 aromatic heterocycles. The summed E-state index contributed by atoms with van der Waals surface area (Å²) in [5.74, 6) is 0.672. The van der Waals surface area contributed by atoms with Gasteiger partial charge in [0.05, 0.1) is 0 Å². The number of hydrogen-bond donors (Lipinski definition) is 1. The highest BCUT2D eigenvalue weighted by Crippen LogP contribution is 2.38. The quantitative estimate of drug-likeness (QED) is 0.480. The minimum atomic E-state index is -0.348. The number of carbonyl (C=O) groups is 1. The van der Waals surface area contributed by atoms with Crippen molar-refractivity contribution < 1.29 is 9.18 Å². The maximum absolute atomic E-state index is 13.8. The number of aromatic nitrogens is 1. The van der Waals surface area contributed by atoms with E-state index in [0.717, 1.165) is 48.8 Å². The number of amides is 1. The van der Waals surface area contributed by atoms with Crippen LogP contribution in [0.5, 0.6) is 0 Å². The van der Waals surface area contributed by atoms with Gasteiger partial charge in [-0.3, -0.25) is 4.79 Å². The Bertz CT molecular complexity index is 1010. The van der Waals surface area contributed by atoms with Crippen molar-refractivity contribution in [1.82, 2.24) is 10.3 Å². The molecule has 0 unspecified atom stereocenters. The minimum Gasteiger partial charge on any atom is -0.352 e. The fourth-order valence-corrected chi connectivity index (χ4v) is 4.66. The van der Waals surface area contributed by atoms with Crippen LogP contribution < -0.4 is 5.32 Å². The van der Waals surface area contributed by atoms with E-state index in [1.807, 2.05) is 55.5 Å². The molecule has 1 aliphatic rings. The number of hydrogen-bond acceptors (Lipinski definition) is 2. The van der Waals surface area contributed by atoms with Crippen LogP contribution in [0.1, 0.15) is 59.5 Å². The van der Waals surface area contributed by atoms with Gasteiger partial charge in [0, 0.05) is 23.9 Å². The first-order valence-electron chi connectivity index (χ1n) is 11.2. The molecule has 4 rings (SSSR count). The molecule has 1 heterocycles. The largest absolute Gasteiger partial charge is 0.352 e. The van der Waals surface area contributed by atoms with Crippen LogP contribution in [0.4, 0.5) is 4.39 Å². The lowest BCUT2D eigenvalue weighted by molar-refractivity contribution is 0.0950. The molecule has 0 aliphatic heterocycles. The van der Waals surface area contributed by atoms with Gasteiger partial charge in [0.1, 0.15) is 0 Å². The van der Waals surface area contributed by atoms with Crippen LogP contribution in [0, 0.1) is 18.8 Å². The SMILES string of the molecule is Cc1c(C2CCC(CCNC(=O)c3ccc(-c4ccccc4)cc3)CC2)ccnc1F. The third-order valence-corrected chi connectivity index (χ3v) is 6.56. The Labute approximate surface area is 183 Å². The molecule has 0 bridgehead atoms. The molecule has 0 saturated heterocycles. The summed E-state index contributed by atoms with van der Waals surface area (Å²) in [6.45, 7) is 2.52. The Morgan fingerprint density at radius 2 is 1.65 bits per heavy atom. The van der Waals surface area contributed by atoms with Gasteiger partial charge in [0.2, 0.25) is 5.95 Å². The van der Waals surface area contributed by atoms with E-state index in [0.29, 0.717) is 29.5 Å². The monoisotopic (exact) mass is 416 g/mol. The van der Waals surface area contributed by atoms with Crippen molar-refractivity contribution in [3.8, 4) is 11.1 Å². The molecule has 1 amide bonds. The van der Waals surface area contributed by atoms with Crippen LogP contribution in [0.15, 0.2) is 66.9 Å². The van der Waals surface area contributed by atoms with E-state index in [2.05, 4.69) is 22.4 Å². The lowest BCUT2D eigenvalue weighted by atomic mass is 9.77. The molecule has 1 N–H and O–H groups in total. The summed E-state index contributed by atoms with van der Waals surface area (Å²) >= 11 is 0. The summed E-state index contributed by atoms with van der Waals surface area (Å²) in [4.78, 5) is 16.2. The number of nitrogens with zero attached hydrogens (tertiary/aromatic N) is 1. The van der Waals surface area contributed by atoms with Crippen molar-refractivity contribution in [3.05, 3.63) is 89.5 Å². The van der Waals surface area contributed by atoms with Crippen LogP contribution >= 0.6 is 0 Å². The van der Waals surface area contributed by atoms with Gasteiger partial charge in [-0.15, -0.1) is 0 Å². The van der Waals surface area contributed by atoms with Crippen LogP contribution in [-0.2, 0) is 0 Å². The van der Waals surface area contributed by atoms with Crippen molar-refractivity contribution in [2.45, 2.75) is 44.9 Å². The number of rotatable bonds is 6. The number of pyridine rings is 1. The molecule has 3 aromatic rings. The molecular formula is C27H29FN2O. The van der Waals surface area contributed by atoms with Crippen LogP contribution in [-0.4, -0.2) is 17.4 Å². The fraction of sp³-hybridized carbons (Fsp3) is 0.333. The first kappa shape index (κ1) is 21.2. The zero-order chi connectivity index (χ0) is 21.6. The predicted molar refractivity (Wildman–Crippen MR) is 122 cm³/mol. The third-order valence-electron chi connectivity index (χ3n) is 6.56. The summed E-state index contributed by atoms with van der Waals surface area (Å²) in [6.07, 6.45) is 6.95. The Morgan fingerprint density at radius 3 is 2.35 bits per heavy atom. The normalized spacial score (nSPS) is 18.5. The fourth-order valence-electron chi connectivity index (χ4n) is 4.66. The molecule has 1 aliphatic carbocycles. The molecule has 1 saturated carbocycles. The summed E-state index contributed by atoms with van der Waals surface area (Å²) in [5, 5.41) is 3.07. The second kappa shape index (κ2) is 9.86. The van der Waals surface area contributed by atoms with Gasteiger partial charge in [-0.1, -0.05) is 42.5 Å². The van der Waals surface area contributed by atoms with Gasteiger partial charge in [0.25, 0.3) is 5.91 Å². The molecule has 1 fully saturated rings. The first-order valence-corrected chi connectivity index (χ1v) is 11.2. The van der Waals surface area contributed by atoms with Crippen molar-refractivity contribution in [2.75, 3.05) is 6.54 Å². The van der Waals surface area contributed by atoms with Gasteiger partial charge in [0.15, 0.2) is 0 Å². The van der Waals surface area contributed by atoms with Gasteiger partial charge in [-0.2, -0.15) is 4.39 Å². The maximum Gasteiger partial charge on any atom is 0.251 e. The van der Waals surface area contributed by atoms with Gasteiger partial charge >= 0.3 is 0 Å². The Hall–Kier alpha value is -3.01. The highest BCUT2D eigenvalue weighted by molar-refractivity contribution is 5.94. The highest BCUT2D eigenvalue weighted by atomic mass is 19.1. The van der Waals surface area contributed by atoms with Crippen molar-refractivity contribution in [2.24, 2.45) is 5.92 Å². The predicted octanol–water partition coefficient (Wildman–Crippen LogP) is 6.29. The zero-order valence-corrected chi connectivity index (χ0v) is 18.0. The van der Waals surface area contributed by atoms with Gasteiger partial charge in [-0.05, 0) is 85.8 Å². The second-order valence-electron chi connectivity index (χ2n) is 8.52. The van der Waals surface area contributed by atoms with E-state index in [-0.39, 0.29) is 11.9 Å². The minimum absolute atomic E-state index is 0.0174. The summed E-state index contributed by atoms with van der Waals surface area (Å²) in [7, 11) is 0. The smallest absolute Gasteiger partial charge is 0.251 e. The van der Waals surface area contributed by atoms with E-state index in [1.54, 1.807) is 6.20 Å². The number of carbonyl (C=O) groups excluding carboxylic acids is 1. The Kier molecular flexibility index (Phi) is 6.76. The molecular weight excluding hydrogens is 387 g/mol. The van der Waals surface area contributed by atoms with E-state index in [4.69, 9.17) is 0 Å². The number of halogens is 1. The lowest BCUT2D eigenvalue weighted by Crippen LogP contribution is -2.27. The number of nitrogens with one attached hydrogen (secondary N) is 1. The average Bonchev–Trinajstić information content (AvgIpc) is 2.82. The van der Waals surface area contributed by atoms with E-state index < -0.39 is 0 Å². The van der Waals surface area contributed by atoms with Crippen molar-refractivity contribution in [1.29, 1.82) is 0 Å². The summed E-state index contributed by atoms with van der Waals surface area (Å²) in [5.41, 5.74) is 4.75. The molecule has 3 nitrogen and oxygen atoms in total. The lowest BCUT2D eigenvalue weighted by Gasteiger charge is -2.29. The Balaban J connectivity index is 1.23. The third kappa shape index (κ3) is 5.19. The van der Waals surface area contributed by atoms with Crippen LogP contribution in [0.25, 0.3) is 11.1 Å². The topological polar surface area (TPSA) is 42.0 Å². The van der Waals surface area contributed by atoms with Crippen molar-refractivity contribution in [3.63, 3.8) is 0 Å². The van der Waals surface area contributed by atoms with E-state index >= 15 is 0 Å². The summed E-state index contributed by atoms with van der Waals surface area (Å²) in [6, 6.07) is 19.9. The molecule has 0 spiro atoms. The standard InChI is InChI=1S/C27H29FN2O/c1-19-25(16-18-29-26(19)28)23-9-7-20(8-10-23)15-17-30-27(31)24-13-11-22(12-14-24)21-5-3-2-4-6-21/h2-6,11-14,16,18,20,23H,7-10,15,17H2,1H3,(H,30,31).